The zero-order valence-corrected chi connectivity index (χ0v) is 11.9. The molecule has 0 aliphatic carbocycles. The predicted octanol–water partition coefficient (Wildman–Crippen LogP) is 5.58. The summed E-state index contributed by atoms with van der Waals surface area (Å²) in [6.07, 6.45) is 0. The summed E-state index contributed by atoms with van der Waals surface area (Å²) in [5.41, 5.74) is 4.57. The van der Waals surface area contributed by atoms with E-state index in [1.807, 2.05) is 36.4 Å². The van der Waals surface area contributed by atoms with Gasteiger partial charge < -0.3 is 0 Å². The molecule has 0 nitrogen and oxygen atoms in total. The molecule has 3 rings (SSSR count). The molecular weight excluding hydrogens is 296 g/mol. The van der Waals surface area contributed by atoms with Gasteiger partial charge in [0.05, 0.1) is 0 Å². The highest BCUT2D eigenvalue weighted by Gasteiger charge is 2.06. The molecular formula is C18H12Br. The van der Waals surface area contributed by atoms with E-state index in [0.29, 0.717) is 0 Å². The van der Waals surface area contributed by atoms with Gasteiger partial charge >= 0.3 is 0 Å². The maximum Gasteiger partial charge on any atom is 0.0260 e. The Hall–Kier alpha value is -1.86. The lowest BCUT2D eigenvalue weighted by Crippen LogP contribution is -1.83. The molecule has 3 aromatic rings. The van der Waals surface area contributed by atoms with Crippen LogP contribution in [-0.4, -0.2) is 0 Å². The van der Waals surface area contributed by atoms with Crippen molar-refractivity contribution in [3.8, 4) is 22.3 Å². The van der Waals surface area contributed by atoms with Crippen molar-refractivity contribution in [3.63, 3.8) is 0 Å². The highest BCUT2D eigenvalue weighted by atomic mass is 79.9. The van der Waals surface area contributed by atoms with Gasteiger partial charge in [0.15, 0.2) is 0 Å². The number of hydrogen-bond donors (Lipinski definition) is 0. The van der Waals surface area contributed by atoms with E-state index in [9.17, 15) is 0 Å². The summed E-state index contributed by atoms with van der Waals surface area (Å²) in [5.74, 6) is 0. The van der Waals surface area contributed by atoms with Crippen molar-refractivity contribution in [3.05, 3.63) is 83.3 Å². The van der Waals surface area contributed by atoms with Crippen molar-refractivity contribution < 1.29 is 0 Å². The van der Waals surface area contributed by atoms with Crippen LogP contribution in [0.25, 0.3) is 22.3 Å². The maximum atomic E-state index is 3.61. The molecule has 0 atom stereocenters. The van der Waals surface area contributed by atoms with Gasteiger partial charge in [-0.05, 0) is 28.8 Å². The quantitative estimate of drug-likeness (QED) is 0.579. The molecule has 0 N–H and O–H groups in total. The molecule has 0 saturated heterocycles. The van der Waals surface area contributed by atoms with E-state index in [4.69, 9.17) is 0 Å². The lowest BCUT2D eigenvalue weighted by atomic mass is 9.99. The van der Waals surface area contributed by atoms with Crippen LogP contribution in [0, 0.1) is 6.07 Å². The molecule has 0 spiro atoms. The zero-order valence-electron chi connectivity index (χ0n) is 10.3. The predicted molar refractivity (Wildman–Crippen MR) is 83.9 cm³/mol. The van der Waals surface area contributed by atoms with Gasteiger partial charge in [0, 0.05) is 10.0 Å². The number of halogens is 1. The molecule has 1 heteroatoms. The molecule has 1 radical (unpaired) electrons. The maximum absolute atomic E-state index is 3.61. The molecule has 0 aliphatic rings. The monoisotopic (exact) mass is 307 g/mol. The molecule has 0 aliphatic heterocycles. The Labute approximate surface area is 121 Å². The van der Waals surface area contributed by atoms with Crippen LogP contribution in [0.15, 0.2) is 77.3 Å². The van der Waals surface area contributed by atoms with E-state index in [-0.39, 0.29) is 0 Å². The second kappa shape index (κ2) is 5.41. The summed E-state index contributed by atoms with van der Waals surface area (Å²) >= 11 is 3.61. The van der Waals surface area contributed by atoms with Gasteiger partial charge in [-0.3, -0.25) is 0 Å². The molecule has 0 heterocycles. The third-order valence-electron chi connectivity index (χ3n) is 3.04. The lowest BCUT2D eigenvalue weighted by molar-refractivity contribution is 1.55. The van der Waals surface area contributed by atoms with Gasteiger partial charge in [0.1, 0.15) is 0 Å². The number of benzene rings is 3. The first-order valence-electron chi connectivity index (χ1n) is 6.17. The zero-order chi connectivity index (χ0) is 13.1. The van der Waals surface area contributed by atoms with Gasteiger partial charge in [-0.25, -0.2) is 0 Å². The first kappa shape index (κ1) is 12.2. The van der Waals surface area contributed by atoms with Gasteiger partial charge in [0.25, 0.3) is 0 Å². The summed E-state index contributed by atoms with van der Waals surface area (Å²) in [4.78, 5) is 0. The molecule has 3 aromatic carbocycles. The van der Waals surface area contributed by atoms with Crippen molar-refractivity contribution >= 4 is 15.9 Å². The Morgan fingerprint density at radius 1 is 0.632 bits per heavy atom. The summed E-state index contributed by atoms with van der Waals surface area (Å²) in [6.45, 7) is 0. The van der Waals surface area contributed by atoms with E-state index < -0.39 is 0 Å². The standard InChI is InChI=1S/C18H12Br/c19-18-12-11-16(14-7-3-1-4-8-14)13-17(18)15-9-5-2-6-10-15/h1-12H. The summed E-state index contributed by atoms with van der Waals surface area (Å²) in [5, 5.41) is 0. The van der Waals surface area contributed by atoms with Gasteiger partial charge in [-0.1, -0.05) is 82.7 Å². The summed E-state index contributed by atoms with van der Waals surface area (Å²) < 4.78 is 1.07. The topological polar surface area (TPSA) is 0 Å². The molecule has 0 bridgehead atoms. The SMILES string of the molecule is Brc1ccc(-c2ccccc2)[c]c1-c1ccccc1. The molecule has 0 fully saturated rings. The number of hydrogen-bond acceptors (Lipinski definition) is 0. The Kier molecular flexibility index (Phi) is 3.47. The van der Waals surface area contributed by atoms with E-state index >= 15 is 0 Å². The van der Waals surface area contributed by atoms with Crippen LogP contribution in [0.5, 0.6) is 0 Å². The fraction of sp³-hybridized carbons (Fsp3) is 0. The third kappa shape index (κ3) is 2.61. The van der Waals surface area contributed by atoms with Crippen LogP contribution >= 0.6 is 15.9 Å². The van der Waals surface area contributed by atoms with Gasteiger partial charge in [-0.2, -0.15) is 0 Å². The number of rotatable bonds is 2. The van der Waals surface area contributed by atoms with Gasteiger partial charge in [0.2, 0.25) is 0 Å². The minimum Gasteiger partial charge on any atom is -0.0622 e. The van der Waals surface area contributed by atoms with Crippen molar-refractivity contribution in [2.24, 2.45) is 0 Å². The van der Waals surface area contributed by atoms with Crippen LogP contribution in [0.1, 0.15) is 0 Å². The molecule has 0 aromatic heterocycles. The fourth-order valence-corrected chi connectivity index (χ4v) is 2.54. The van der Waals surface area contributed by atoms with Crippen molar-refractivity contribution in [2.45, 2.75) is 0 Å². The van der Waals surface area contributed by atoms with E-state index in [2.05, 4.69) is 58.4 Å². The summed E-state index contributed by atoms with van der Waals surface area (Å²) in [7, 11) is 0. The van der Waals surface area contributed by atoms with Crippen molar-refractivity contribution in [1.82, 2.24) is 0 Å². The summed E-state index contributed by atoms with van der Waals surface area (Å²) in [6, 6.07) is 28.3. The van der Waals surface area contributed by atoms with Crippen LogP contribution in [0.4, 0.5) is 0 Å². The molecule has 0 unspecified atom stereocenters. The third-order valence-corrected chi connectivity index (χ3v) is 3.70. The second-order valence-corrected chi connectivity index (χ2v) is 5.18. The first-order valence-corrected chi connectivity index (χ1v) is 6.96. The molecule has 0 amide bonds. The minimum atomic E-state index is 1.07. The lowest BCUT2D eigenvalue weighted by Gasteiger charge is -2.08. The highest BCUT2D eigenvalue weighted by molar-refractivity contribution is 9.10. The second-order valence-electron chi connectivity index (χ2n) is 4.33. The minimum absolute atomic E-state index is 1.07. The highest BCUT2D eigenvalue weighted by Crippen LogP contribution is 2.31. The largest absolute Gasteiger partial charge is 0.0622 e. The van der Waals surface area contributed by atoms with E-state index in [1.165, 1.54) is 11.1 Å². The Morgan fingerprint density at radius 3 is 1.84 bits per heavy atom. The normalized spacial score (nSPS) is 10.4. The van der Waals surface area contributed by atoms with E-state index in [0.717, 1.165) is 15.6 Å². The molecule has 0 saturated carbocycles. The smallest absolute Gasteiger partial charge is 0.0260 e. The van der Waals surface area contributed by atoms with Crippen molar-refractivity contribution in [2.75, 3.05) is 0 Å². The Morgan fingerprint density at radius 2 is 1.21 bits per heavy atom. The average Bonchev–Trinajstić information content (AvgIpc) is 2.49. The van der Waals surface area contributed by atoms with Gasteiger partial charge in [-0.15, -0.1) is 0 Å². The Balaban J connectivity index is 2.12. The first-order chi connectivity index (χ1) is 9.34. The van der Waals surface area contributed by atoms with Crippen LogP contribution in [0.3, 0.4) is 0 Å². The van der Waals surface area contributed by atoms with Crippen LogP contribution in [0.2, 0.25) is 0 Å². The Bertz CT molecular complexity index is 673. The average molecular weight is 308 g/mol. The fourth-order valence-electron chi connectivity index (χ4n) is 2.08. The van der Waals surface area contributed by atoms with Crippen molar-refractivity contribution in [1.29, 1.82) is 0 Å². The van der Waals surface area contributed by atoms with E-state index in [1.54, 1.807) is 0 Å². The molecule has 19 heavy (non-hydrogen) atoms. The van der Waals surface area contributed by atoms with Crippen LogP contribution < -0.4 is 0 Å². The van der Waals surface area contributed by atoms with Crippen LogP contribution in [-0.2, 0) is 0 Å². The molecule has 91 valence electrons.